The van der Waals surface area contributed by atoms with Crippen LogP contribution in [-0.4, -0.2) is 18.9 Å². The first-order valence-electron chi connectivity index (χ1n) is 2.66. The molecule has 1 unspecified atom stereocenters. The van der Waals surface area contributed by atoms with Gasteiger partial charge in [0.2, 0.25) is 0 Å². The Labute approximate surface area is 51.8 Å². The van der Waals surface area contributed by atoms with Gasteiger partial charge in [0.25, 0.3) is 0 Å². The van der Waals surface area contributed by atoms with Crippen LogP contribution in [0.15, 0.2) is 0 Å². The lowest BCUT2D eigenvalue weighted by Gasteiger charge is -2.14. The average Bonchev–Trinajstić information content (AvgIpc) is 1.64. The summed E-state index contributed by atoms with van der Waals surface area (Å²) in [4.78, 5) is 0. The van der Waals surface area contributed by atoms with Gasteiger partial charge in [-0.3, -0.25) is 0 Å². The van der Waals surface area contributed by atoms with Gasteiger partial charge in [0.1, 0.15) is 0 Å². The third-order valence-electron chi connectivity index (χ3n) is 0.878. The van der Waals surface area contributed by atoms with E-state index in [1.54, 1.807) is 0 Å². The van der Waals surface area contributed by atoms with Crippen LogP contribution in [0.3, 0.4) is 0 Å². The molecular weight excluding hydrogens is 133 g/mol. The van der Waals surface area contributed by atoms with Gasteiger partial charge in [0, 0.05) is 6.61 Å². The van der Waals surface area contributed by atoms with Crippen molar-refractivity contribution in [3.63, 3.8) is 0 Å². The molecule has 0 fully saturated rings. The molecule has 0 saturated carbocycles. The second kappa shape index (κ2) is 3.06. The third-order valence-corrected chi connectivity index (χ3v) is 0.878. The largest absolute Gasteiger partial charge is 0.414 e. The van der Waals surface area contributed by atoms with E-state index >= 15 is 0 Å². The van der Waals surface area contributed by atoms with Gasteiger partial charge in [-0.1, -0.05) is 0 Å². The highest BCUT2D eigenvalue weighted by atomic mass is 19.4. The summed E-state index contributed by atoms with van der Waals surface area (Å²) in [5, 5.41) is 0. The first-order chi connectivity index (χ1) is 3.98. The molecular formula is C5H9F3O. The van der Waals surface area contributed by atoms with E-state index in [4.69, 9.17) is 0 Å². The summed E-state index contributed by atoms with van der Waals surface area (Å²) in [6.07, 6.45) is -5.85. The molecule has 0 aromatic rings. The van der Waals surface area contributed by atoms with Crippen LogP contribution < -0.4 is 0 Å². The van der Waals surface area contributed by atoms with E-state index in [-0.39, 0.29) is 6.61 Å². The molecule has 0 bridgehead atoms. The fourth-order valence-corrected chi connectivity index (χ4v) is 0.344. The molecule has 0 aliphatic carbocycles. The maximum atomic E-state index is 11.5. The standard InChI is InChI=1S/C5H9F3O/c1-3-9-4(2)5(6,7)8/h4H,3H2,1-2H3. The quantitative estimate of drug-likeness (QED) is 0.572. The normalized spacial score (nSPS) is 15.7. The van der Waals surface area contributed by atoms with E-state index < -0.39 is 12.3 Å². The van der Waals surface area contributed by atoms with Crippen LogP contribution >= 0.6 is 0 Å². The first kappa shape index (κ1) is 8.75. The van der Waals surface area contributed by atoms with E-state index in [1.165, 1.54) is 6.92 Å². The maximum Gasteiger partial charge on any atom is 0.414 e. The summed E-state index contributed by atoms with van der Waals surface area (Å²) in [7, 11) is 0. The Morgan fingerprint density at radius 3 is 2.00 bits per heavy atom. The molecule has 0 spiro atoms. The topological polar surface area (TPSA) is 9.23 Å². The molecule has 0 saturated heterocycles. The maximum absolute atomic E-state index is 11.5. The lowest BCUT2D eigenvalue weighted by atomic mass is 10.4. The Hall–Kier alpha value is -0.250. The Kier molecular flexibility index (Phi) is 2.97. The number of ether oxygens (including phenoxy) is 1. The monoisotopic (exact) mass is 142 g/mol. The minimum Gasteiger partial charge on any atom is -0.369 e. The predicted molar refractivity (Wildman–Crippen MR) is 27.1 cm³/mol. The number of rotatable bonds is 2. The van der Waals surface area contributed by atoms with Crippen LogP contribution in [0, 0.1) is 0 Å². The fraction of sp³-hybridized carbons (Fsp3) is 1.00. The fourth-order valence-electron chi connectivity index (χ4n) is 0.344. The second-order valence-corrected chi connectivity index (χ2v) is 1.64. The van der Waals surface area contributed by atoms with Crippen molar-refractivity contribution in [2.45, 2.75) is 26.1 Å². The Balaban J connectivity index is 3.59. The van der Waals surface area contributed by atoms with Crippen LogP contribution in [0.5, 0.6) is 0 Å². The van der Waals surface area contributed by atoms with E-state index in [9.17, 15) is 13.2 Å². The zero-order chi connectivity index (χ0) is 7.49. The van der Waals surface area contributed by atoms with Gasteiger partial charge < -0.3 is 4.74 Å². The summed E-state index contributed by atoms with van der Waals surface area (Å²) in [5.41, 5.74) is 0. The van der Waals surface area contributed by atoms with Crippen molar-refractivity contribution < 1.29 is 17.9 Å². The molecule has 0 aliphatic heterocycles. The molecule has 0 rings (SSSR count). The molecule has 0 amide bonds. The average molecular weight is 142 g/mol. The van der Waals surface area contributed by atoms with Crippen LogP contribution in [0.1, 0.15) is 13.8 Å². The van der Waals surface area contributed by atoms with E-state index in [1.807, 2.05) is 0 Å². The van der Waals surface area contributed by atoms with Gasteiger partial charge in [-0.15, -0.1) is 0 Å². The number of hydrogen-bond acceptors (Lipinski definition) is 1. The number of alkyl halides is 3. The number of hydrogen-bond donors (Lipinski definition) is 0. The highest BCUT2D eigenvalue weighted by Gasteiger charge is 2.36. The smallest absolute Gasteiger partial charge is 0.369 e. The molecule has 0 aromatic heterocycles. The molecule has 0 aliphatic rings. The van der Waals surface area contributed by atoms with Crippen molar-refractivity contribution in [1.82, 2.24) is 0 Å². The molecule has 4 heteroatoms. The SMILES string of the molecule is CCOC(C)C(F)(F)F. The Bertz CT molecular complexity index is 78.8. The van der Waals surface area contributed by atoms with Gasteiger partial charge >= 0.3 is 6.18 Å². The molecule has 0 heterocycles. The Morgan fingerprint density at radius 1 is 1.44 bits per heavy atom. The third kappa shape index (κ3) is 3.35. The first-order valence-corrected chi connectivity index (χ1v) is 2.66. The van der Waals surface area contributed by atoms with E-state index in [0.29, 0.717) is 0 Å². The number of halogens is 3. The van der Waals surface area contributed by atoms with Crippen molar-refractivity contribution in [3.8, 4) is 0 Å². The van der Waals surface area contributed by atoms with Crippen LogP contribution in [0.2, 0.25) is 0 Å². The second-order valence-electron chi connectivity index (χ2n) is 1.64. The minimum absolute atomic E-state index is 0.0979. The molecule has 1 atom stereocenters. The molecule has 0 radical (unpaired) electrons. The Morgan fingerprint density at radius 2 is 1.89 bits per heavy atom. The zero-order valence-corrected chi connectivity index (χ0v) is 5.33. The van der Waals surface area contributed by atoms with Crippen LogP contribution in [0.4, 0.5) is 13.2 Å². The van der Waals surface area contributed by atoms with Gasteiger partial charge in [-0.2, -0.15) is 13.2 Å². The molecule has 56 valence electrons. The van der Waals surface area contributed by atoms with Crippen molar-refractivity contribution >= 4 is 0 Å². The van der Waals surface area contributed by atoms with Crippen molar-refractivity contribution in [3.05, 3.63) is 0 Å². The summed E-state index contributed by atoms with van der Waals surface area (Å²) in [6, 6.07) is 0. The molecule has 9 heavy (non-hydrogen) atoms. The summed E-state index contributed by atoms with van der Waals surface area (Å²) in [5.74, 6) is 0. The van der Waals surface area contributed by atoms with Crippen LogP contribution in [0.25, 0.3) is 0 Å². The minimum atomic E-state index is -4.21. The van der Waals surface area contributed by atoms with Crippen LogP contribution in [-0.2, 0) is 4.74 Å². The molecule has 0 aromatic carbocycles. The highest BCUT2D eigenvalue weighted by Crippen LogP contribution is 2.21. The summed E-state index contributed by atoms with van der Waals surface area (Å²) >= 11 is 0. The molecule has 1 nitrogen and oxygen atoms in total. The van der Waals surface area contributed by atoms with Gasteiger partial charge in [0.05, 0.1) is 0 Å². The van der Waals surface area contributed by atoms with Crippen molar-refractivity contribution in [1.29, 1.82) is 0 Å². The molecule has 0 N–H and O–H groups in total. The highest BCUT2D eigenvalue weighted by molar-refractivity contribution is 4.59. The summed E-state index contributed by atoms with van der Waals surface area (Å²) in [6.45, 7) is 2.62. The zero-order valence-electron chi connectivity index (χ0n) is 5.33. The van der Waals surface area contributed by atoms with Crippen molar-refractivity contribution in [2.24, 2.45) is 0 Å². The van der Waals surface area contributed by atoms with E-state index in [0.717, 1.165) is 6.92 Å². The van der Waals surface area contributed by atoms with Gasteiger partial charge in [0.15, 0.2) is 6.10 Å². The summed E-state index contributed by atoms with van der Waals surface area (Å²) < 4.78 is 38.8. The lowest BCUT2D eigenvalue weighted by molar-refractivity contribution is -0.212. The van der Waals surface area contributed by atoms with Crippen molar-refractivity contribution in [2.75, 3.05) is 6.61 Å². The lowest BCUT2D eigenvalue weighted by Crippen LogP contribution is -2.28. The predicted octanol–water partition coefficient (Wildman–Crippen LogP) is 1.97. The van der Waals surface area contributed by atoms with Gasteiger partial charge in [-0.05, 0) is 13.8 Å². The van der Waals surface area contributed by atoms with E-state index in [2.05, 4.69) is 4.74 Å². The van der Waals surface area contributed by atoms with Gasteiger partial charge in [-0.25, -0.2) is 0 Å².